The first-order valence-corrected chi connectivity index (χ1v) is 16.0. The van der Waals surface area contributed by atoms with Crippen molar-refractivity contribution in [1.29, 1.82) is 0 Å². The number of ether oxygens (including phenoxy) is 1. The van der Waals surface area contributed by atoms with Gasteiger partial charge in [0.2, 0.25) is 5.95 Å². The molecule has 1 aliphatic carbocycles. The number of nitrogens with zero attached hydrogens (tertiary/aromatic N) is 7. The lowest BCUT2D eigenvalue weighted by Crippen LogP contribution is -2.34. The zero-order chi connectivity index (χ0) is 33.5. The molecule has 5 aromatic rings. The van der Waals surface area contributed by atoms with Crippen molar-refractivity contribution in [2.45, 2.75) is 74.8 Å². The Morgan fingerprint density at radius 2 is 1.56 bits per heavy atom. The minimum atomic E-state index is -1.22. The lowest BCUT2D eigenvalue weighted by Gasteiger charge is -2.27. The second kappa shape index (κ2) is 15.3. The Labute approximate surface area is 276 Å². The largest absolute Gasteiger partial charge is 0.483 e. The van der Waals surface area contributed by atoms with Gasteiger partial charge >= 0.3 is 0 Å². The zero-order valence-electron chi connectivity index (χ0n) is 26.2. The average molecular weight is 657 g/mol. The first-order chi connectivity index (χ1) is 23.4. The van der Waals surface area contributed by atoms with Crippen LogP contribution in [0.3, 0.4) is 0 Å². The molecule has 0 radical (unpaired) electrons. The molecule has 4 atom stereocenters. The summed E-state index contributed by atoms with van der Waals surface area (Å²) in [6, 6.07) is 21.1. The number of fused-ring (bicyclic) bond motifs is 1. The highest BCUT2D eigenvalue weighted by Crippen LogP contribution is 2.34. The van der Waals surface area contributed by atoms with Gasteiger partial charge in [0.05, 0.1) is 25.3 Å². The fourth-order valence-corrected chi connectivity index (χ4v) is 6.34. The molecule has 1 saturated carbocycles. The molecule has 15 nitrogen and oxygen atoms in total. The van der Waals surface area contributed by atoms with E-state index < -0.39 is 24.5 Å². The minimum Gasteiger partial charge on any atom is -0.483 e. The van der Waals surface area contributed by atoms with Crippen LogP contribution in [-0.4, -0.2) is 93.2 Å². The first kappa shape index (κ1) is 33.0. The third-order valence-electron chi connectivity index (χ3n) is 8.83. The van der Waals surface area contributed by atoms with Gasteiger partial charge in [-0.25, -0.2) is 4.98 Å². The number of anilines is 2. The molecule has 0 spiro atoms. The second-order valence-corrected chi connectivity index (χ2v) is 12.0. The van der Waals surface area contributed by atoms with E-state index in [9.17, 15) is 10.2 Å². The van der Waals surface area contributed by atoms with Crippen molar-refractivity contribution in [1.82, 2.24) is 34.5 Å². The predicted octanol–water partition coefficient (Wildman–Crippen LogP) is 2.36. The molecule has 3 aromatic heterocycles. The molecule has 0 amide bonds. The van der Waals surface area contributed by atoms with E-state index >= 15 is 0 Å². The number of hydrogen-bond donors (Lipinski definition) is 6. The maximum atomic E-state index is 11.1. The Bertz CT molecular complexity index is 1690. The number of benzene rings is 2. The molecule has 48 heavy (non-hydrogen) atoms. The van der Waals surface area contributed by atoms with Crippen LogP contribution in [0.25, 0.3) is 11.2 Å². The summed E-state index contributed by atoms with van der Waals surface area (Å²) in [7, 11) is 0. The van der Waals surface area contributed by atoms with Crippen molar-refractivity contribution < 1.29 is 24.9 Å². The number of aliphatic hydroxyl groups excluding tert-OH is 2. The summed E-state index contributed by atoms with van der Waals surface area (Å²) in [6.45, 7) is 0.498. The Morgan fingerprint density at radius 1 is 0.938 bits per heavy atom. The molecule has 1 aliphatic heterocycles. The highest BCUT2D eigenvalue weighted by molar-refractivity contribution is 5.84. The number of hydrogen-bond acceptors (Lipinski definition) is 12. The van der Waals surface area contributed by atoms with Gasteiger partial charge in [-0.3, -0.25) is 9.36 Å². The van der Waals surface area contributed by atoms with Crippen molar-refractivity contribution >= 4 is 29.4 Å². The van der Waals surface area contributed by atoms with Gasteiger partial charge in [0, 0.05) is 24.5 Å². The molecule has 7 N–H and O–H groups in total. The summed E-state index contributed by atoms with van der Waals surface area (Å²) in [4.78, 5) is 24.2. The fraction of sp³-hybridized carbons (Fsp3) is 0.394. The van der Waals surface area contributed by atoms with Crippen LogP contribution in [0.1, 0.15) is 49.0 Å². The normalized spacial score (nSPS) is 23.8. The second-order valence-electron chi connectivity index (χ2n) is 12.0. The summed E-state index contributed by atoms with van der Waals surface area (Å²) in [5.41, 5.74) is 9.53. The van der Waals surface area contributed by atoms with E-state index in [0.717, 1.165) is 25.7 Å². The zero-order valence-corrected chi connectivity index (χ0v) is 26.2. The summed E-state index contributed by atoms with van der Waals surface area (Å²) in [6.07, 6.45) is 4.39. The quantitative estimate of drug-likeness (QED) is 0.119. The molecule has 0 unspecified atom stereocenters. The van der Waals surface area contributed by atoms with Crippen LogP contribution in [0.5, 0.6) is 0 Å². The van der Waals surface area contributed by atoms with Gasteiger partial charge in [-0.2, -0.15) is 25.0 Å². The van der Waals surface area contributed by atoms with Crippen molar-refractivity contribution in [3.63, 3.8) is 0 Å². The number of carboxylic acid groups (broad SMARTS) is 1. The number of carbonyl (C=O) groups is 1. The van der Waals surface area contributed by atoms with Gasteiger partial charge in [0.1, 0.15) is 18.3 Å². The van der Waals surface area contributed by atoms with Crippen LogP contribution in [0, 0.1) is 0 Å². The van der Waals surface area contributed by atoms with Crippen LogP contribution in [-0.2, 0) is 16.1 Å². The van der Waals surface area contributed by atoms with Crippen LogP contribution < -0.4 is 16.4 Å². The van der Waals surface area contributed by atoms with E-state index in [1.807, 2.05) is 36.4 Å². The predicted molar refractivity (Wildman–Crippen MR) is 177 cm³/mol. The number of aromatic nitrogens is 7. The Kier molecular flexibility index (Phi) is 10.5. The van der Waals surface area contributed by atoms with E-state index in [2.05, 4.69) is 50.1 Å². The molecule has 4 heterocycles. The lowest BCUT2D eigenvalue weighted by molar-refractivity contribution is -0.122. The van der Waals surface area contributed by atoms with Crippen LogP contribution in [0.15, 0.2) is 79.4 Å². The summed E-state index contributed by atoms with van der Waals surface area (Å²) >= 11 is 0. The fourth-order valence-electron chi connectivity index (χ4n) is 6.34. The Hall–Kier alpha value is -4.96. The summed E-state index contributed by atoms with van der Waals surface area (Å²) in [5.74, 6) is 1.08. The summed E-state index contributed by atoms with van der Waals surface area (Å²) < 4.78 is 7.84. The Balaban J connectivity index is 0.00000129. The molecule has 252 valence electrons. The molecule has 2 fully saturated rings. The minimum absolute atomic E-state index is 0.0579. The molecule has 0 bridgehead atoms. The highest BCUT2D eigenvalue weighted by Gasteiger charge is 2.45. The number of rotatable bonds is 10. The van der Waals surface area contributed by atoms with E-state index in [-0.39, 0.29) is 31.0 Å². The van der Waals surface area contributed by atoms with Gasteiger partial charge in [-0.1, -0.05) is 60.7 Å². The van der Waals surface area contributed by atoms with E-state index in [4.69, 9.17) is 30.3 Å². The Morgan fingerprint density at radius 3 is 2.19 bits per heavy atom. The average Bonchev–Trinajstić information content (AvgIpc) is 3.84. The van der Waals surface area contributed by atoms with Crippen LogP contribution in [0.2, 0.25) is 0 Å². The number of aliphatic hydroxyl groups is 2. The van der Waals surface area contributed by atoms with Crippen molar-refractivity contribution in [3.05, 3.63) is 90.5 Å². The molecular formula is C33H40N10O5. The first-order valence-electron chi connectivity index (χ1n) is 16.0. The van der Waals surface area contributed by atoms with Crippen LogP contribution >= 0.6 is 0 Å². The third-order valence-corrected chi connectivity index (χ3v) is 8.83. The molecule has 7 rings (SSSR count). The SMILES string of the molecule is NC1CCC(Nc2nc(NCC(c3ccccc3)c3ccccc3)c3ncn([C@@H]4O[C@H](Cn5nccn5)[C@@H](O)[C@H]4O)c3n2)CC1.O=CO. The maximum Gasteiger partial charge on any atom is 0.290 e. The number of imidazole rings is 1. The van der Waals surface area contributed by atoms with Gasteiger partial charge in [-0.05, 0) is 36.8 Å². The van der Waals surface area contributed by atoms with Gasteiger partial charge in [0.15, 0.2) is 23.2 Å². The summed E-state index contributed by atoms with van der Waals surface area (Å²) in [5, 5.41) is 44.1. The highest BCUT2D eigenvalue weighted by atomic mass is 16.6. The van der Waals surface area contributed by atoms with Crippen molar-refractivity contribution in [2.75, 3.05) is 17.2 Å². The van der Waals surface area contributed by atoms with E-state index in [0.29, 0.717) is 29.5 Å². The number of nitrogens with two attached hydrogens (primary N) is 1. The standard InChI is InChI=1S/C32H38N10O3.CH2O2/c33-22-11-13-23(14-12-22)38-32-39-29(34-17-24(20-7-3-1-4-8-20)21-9-5-2-6-10-21)26-30(40-32)41(19-35-26)31-28(44)27(43)25(45-31)18-42-36-15-16-37-42;2-1-3/h1-10,15-16,19,22-25,27-28,31,43-44H,11-14,17-18,33H2,(H2,34,38,39,40);1H,(H,2,3)/t22?,23?,25-,27-,28-,31-;/m1./s1. The van der Waals surface area contributed by atoms with Gasteiger partial charge < -0.3 is 36.4 Å². The monoisotopic (exact) mass is 656 g/mol. The molecule has 2 aliphatic rings. The van der Waals surface area contributed by atoms with Crippen LogP contribution in [0.4, 0.5) is 11.8 Å². The molecule has 1 saturated heterocycles. The molecule has 15 heteroatoms. The van der Waals surface area contributed by atoms with E-state index in [1.54, 1.807) is 23.3 Å². The lowest BCUT2D eigenvalue weighted by atomic mass is 9.91. The van der Waals surface area contributed by atoms with Gasteiger partial charge in [-0.15, -0.1) is 0 Å². The topological polar surface area (TPSA) is 211 Å². The molecule has 2 aromatic carbocycles. The van der Waals surface area contributed by atoms with Crippen molar-refractivity contribution in [3.8, 4) is 0 Å². The van der Waals surface area contributed by atoms with Gasteiger partial charge in [0.25, 0.3) is 6.47 Å². The molecular weight excluding hydrogens is 616 g/mol. The van der Waals surface area contributed by atoms with E-state index in [1.165, 1.54) is 15.9 Å². The number of nitrogens with one attached hydrogen (secondary N) is 2. The maximum absolute atomic E-state index is 11.1. The smallest absolute Gasteiger partial charge is 0.290 e. The third kappa shape index (κ3) is 7.44. The van der Waals surface area contributed by atoms with Crippen molar-refractivity contribution in [2.24, 2.45) is 5.73 Å².